The highest BCUT2D eigenvalue weighted by Gasteiger charge is 2.49. The van der Waals surface area contributed by atoms with Crippen molar-refractivity contribution in [3.05, 3.63) is 17.8 Å². The van der Waals surface area contributed by atoms with E-state index in [1.54, 1.807) is 0 Å². The number of hydrogen-bond donors (Lipinski definition) is 1. The van der Waals surface area contributed by atoms with Crippen molar-refractivity contribution in [2.24, 2.45) is 0 Å². The van der Waals surface area contributed by atoms with Gasteiger partial charge in [0.05, 0.1) is 18.7 Å². The summed E-state index contributed by atoms with van der Waals surface area (Å²) in [6.45, 7) is 1.90. The number of nitrogens with one attached hydrogen (secondary N) is 1. The number of carbonyl (C=O) groups is 1. The molecule has 140 valence electrons. The second-order valence-corrected chi connectivity index (χ2v) is 6.02. The normalized spacial score (nSPS) is 21.1. The third-order valence-electron chi connectivity index (χ3n) is 3.26. The van der Waals surface area contributed by atoms with Gasteiger partial charge in [0.2, 0.25) is 0 Å². The van der Waals surface area contributed by atoms with E-state index in [0.717, 1.165) is 11.0 Å². The second kappa shape index (κ2) is 6.32. The molecule has 1 saturated heterocycles. The van der Waals surface area contributed by atoms with Gasteiger partial charge in [0.15, 0.2) is 17.6 Å². The molecule has 1 aliphatic rings. The molecular weight excluding hydrogens is 358 g/mol. The van der Waals surface area contributed by atoms with Crippen molar-refractivity contribution in [3.63, 3.8) is 0 Å². The molecule has 25 heavy (non-hydrogen) atoms. The number of halogens is 6. The standard InChI is InChI=1S/C13H14F6N4O2/c1-11(2)6-23(5-8(25-11)13(17,18)19)10(24)20-9-4-3-7(21-22-9)12(14,15)16/h3-4,8H,5-6H2,1-2H3,(H,20,22,24). The Bertz CT molecular complexity index is 629. The maximum absolute atomic E-state index is 12.9. The molecule has 0 saturated carbocycles. The Morgan fingerprint density at radius 3 is 2.36 bits per heavy atom. The maximum atomic E-state index is 12.9. The molecule has 0 radical (unpaired) electrons. The highest BCUT2D eigenvalue weighted by Crippen LogP contribution is 2.32. The Balaban J connectivity index is 2.09. The van der Waals surface area contributed by atoms with E-state index in [1.165, 1.54) is 13.8 Å². The van der Waals surface area contributed by atoms with Crippen LogP contribution in [0.4, 0.5) is 37.0 Å². The molecule has 1 aromatic rings. The van der Waals surface area contributed by atoms with Gasteiger partial charge in [-0.3, -0.25) is 5.32 Å². The summed E-state index contributed by atoms with van der Waals surface area (Å²) >= 11 is 0. The van der Waals surface area contributed by atoms with Crippen molar-refractivity contribution >= 4 is 11.8 Å². The largest absolute Gasteiger partial charge is 0.435 e. The summed E-state index contributed by atoms with van der Waals surface area (Å²) in [5.41, 5.74) is -2.50. The highest BCUT2D eigenvalue weighted by atomic mass is 19.4. The van der Waals surface area contributed by atoms with Gasteiger partial charge in [0, 0.05) is 0 Å². The highest BCUT2D eigenvalue weighted by molar-refractivity contribution is 5.88. The molecule has 0 bridgehead atoms. The topological polar surface area (TPSA) is 67.4 Å². The van der Waals surface area contributed by atoms with Crippen LogP contribution < -0.4 is 5.32 Å². The minimum Gasteiger partial charge on any atom is -0.359 e. The molecule has 0 aliphatic carbocycles. The first-order valence-electron chi connectivity index (χ1n) is 6.99. The van der Waals surface area contributed by atoms with Crippen LogP contribution in [-0.2, 0) is 10.9 Å². The minimum absolute atomic E-state index is 0.139. The molecule has 1 aliphatic heterocycles. The van der Waals surface area contributed by atoms with Crippen LogP contribution in [0.2, 0.25) is 0 Å². The lowest BCUT2D eigenvalue weighted by molar-refractivity contribution is -0.267. The van der Waals surface area contributed by atoms with Crippen molar-refractivity contribution in [3.8, 4) is 0 Å². The Labute approximate surface area is 138 Å². The number of morpholine rings is 1. The molecule has 0 spiro atoms. The van der Waals surface area contributed by atoms with E-state index in [2.05, 4.69) is 15.5 Å². The zero-order valence-corrected chi connectivity index (χ0v) is 13.1. The fourth-order valence-corrected chi connectivity index (χ4v) is 2.25. The van der Waals surface area contributed by atoms with Crippen LogP contribution in [-0.4, -0.2) is 52.1 Å². The average Bonchev–Trinajstić information content (AvgIpc) is 2.44. The van der Waals surface area contributed by atoms with Crippen LogP contribution in [0.3, 0.4) is 0 Å². The Hall–Kier alpha value is -2.11. The summed E-state index contributed by atoms with van der Waals surface area (Å²) in [6, 6.07) is 0.518. The number of urea groups is 1. The second-order valence-electron chi connectivity index (χ2n) is 6.02. The van der Waals surface area contributed by atoms with Crippen LogP contribution in [0.5, 0.6) is 0 Å². The molecule has 0 aromatic carbocycles. The van der Waals surface area contributed by atoms with E-state index in [4.69, 9.17) is 4.74 Å². The van der Waals surface area contributed by atoms with Gasteiger partial charge in [-0.15, -0.1) is 10.2 Å². The smallest absolute Gasteiger partial charge is 0.359 e. The quantitative estimate of drug-likeness (QED) is 0.770. The Morgan fingerprint density at radius 2 is 1.88 bits per heavy atom. The van der Waals surface area contributed by atoms with Crippen LogP contribution in [0.1, 0.15) is 19.5 Å². The van der Waals surface area contributed by atoms with Crippen LogP contribution >= 0.6 is 0 Å². The molecule has 1 unspecified atom stereocenters. The number of carbonyl (C=O) groups excluding carboxylic acids is 1. The number of nitrogens with zero attached hydrogens (tertiary/aromatic N) is 3. The Morgan fingerprint density at radius 1 is 1.24 bits per heavy atom. The third kappa shape index (κ3) is 4.94. The molecule has 1 N–H and O–H groups in total. The number of rotatable bonds is 1. The van der Waals surface area contributed by atoms with Gasteiger partial charge in [-0.1, -0.05) is 0 Å². The number of alkyl halides is 6. The SMILES string of the molecule is CC1(C)CN(C(=O)Nc2ccc(C(F)(F)F)nn2)CC(C(F)(F)F)O1. The van der Waals surface area contributed by atoms with Gasteiger partial charge in [-0.2, -0.15) is 26.3 Å². The number of amides is 2. The number of aromatic nitrogens is 2. The molecule has 6 nitrogen and oxygen atoms in total. The molecule has 1 fully saturated rings. The van der Waals surface area contributed by atoms with Gasteiger partial charge in [-0.05, 0) is 26.0 Å². The lowest BCUT2D eigenvalue weighted by Crippen LogP contribution is -2.59. The van der Waals surface area contributed by atoms with Gasteiger partial charge >= 0.3 is 18.4 Å². The fraction of sp³-hybridized carbons (Fsp3) is 0.615. The first-order chi connectivity index (χ1) is 11.3. The van der Waals surface area contributed by atoms with E-state index < -0.39 is 42.3 Å². The zero-order chi connectivity index (χ0) is 19.0. The molecule has 2 amide bonds. The first kappa shape index (κ1) is 19.2. The van der Waals surface area contributed by atoms with E-state index in [1.807, 2.05) is 0 Å². The molecular formula is C13H14F6N4O2. The maximum Gasteiger partial charge on any atom is 0.435 e. The lowest BCUT2D eigenvalue weighted by Gasteiger charge is -2.42. The number of ether oxygens (including phenoxy) is 1. The van der Waals surface area contributed by atoms with Gasteiger partial charge in [0.25, 0.3) is 0 Å². The van der Waals surface area contributed by atoms with Crippen LogP contribution in [0.25, 0.3) is 0 Å². The summed E-state index contributed by atoms with van der Waals surface area (Å²) in [4.78, 5) is 13.0. The van der Waals surface area contributed by atoms with Crippen LogP contribution in [0, 0.1) is 0 Å². The minimum atomic E-state index is -4.69. The van der Waals surface area contributed by atoms with Crippen molar-refractivity contribution in [1.82, 2.24) is 15.1 Å². The van der Waals surface area contributed by atoms with Gasteiger partial charge in [0.1, 0.15) is 0 Å². The molecule has 1 aromatic heterocycles. The summed E-state index contributed by atoms with van der Waals surface area (Å²) in [7, 11) is 0. The average molecular weight is 372 g/mol. The van der Waals surface area contributed by atoms with E-state index in [0.29, 0.717) is 6.07 Å². The van der Waals surface area contributed by atoms with Crippen molar-refractivity contribution in [1.29, 1.82) is 0 Å². The first-order valence-corrected chi connectivity index (χ1v) is 6.99. The monoisotopic (exact) mass is 372 g/mol. The van der Waals surface area contributed by atoms with Crippen molar-refractivity contribution in [2.75, 3.05) is 18.4 Å². The Kier molecular flexibility index (Phi) is 4.86. The van der Waals surface area contributed by atoms with Gasteiger partial charge in [-0.25, -0.2) is 4.79 Å². The summed E-state index contributed by atoms with van der Waals surface area (Å²) in [5.74, 6) is -0.314. The summed E-state index contributed by atoms with van der Waals surface area (Å²) < 4.78 is 80.8. The van der Waals surface area contributed by atoms with Crippen molar-refractivity contribution < 1.29 is 35.9 Å². The molecule has 12 heteroatoms. The molecule has 2 rings (SSSR count). The third-order valence-corrected chi connectivity index (χ3v) is 3.26. The van der Waals surface area contributed by atoms with E-state index in [9.17, 15) is 31.1 Å². The van der Waals surface area contributed by atoms with Gasteiger partial charge < -0.3 is 9.64 Å². The zero-order valence-electron chi connectivity index (χ0n) is 13.1. The summed E-state index contributed by atoms with van der Waals surface area (Å²) in [6.07, 6.45) is -11.5. The number of anilines is 1. The summed E-state index contributed by atoms with van der Waals surface area (Å²) in [5, 5.41) is 8.24. The molecule has 1 atom stereocenters. The van der Waals surface area contributed by atoms with Crippen molar-refractivity contribution in [2.45, 2.75) is 37.9 Å². The predicted molar refractivity (Wildman–Crippen MR) is 72.6 cm³/mol. The van der Waals surface area contributed by atoms with Crippen LogP contribution in [0.15, 0.2) is 12.1 Å². The fourth-order valence-electron chi connectivity index (χ4n) is 2.25. The predicted octanol–water partition coefficient (Wildman–Crippen LogP) is 3.07. The number of hydrogen-bond acceptors (Lipinski definition) is 4. The van der Waals surface area contributed by atoms with E-state index in [-0.39, 0.29) is 12.4 Å². The lowest BCUT2D eigenvalue weighted by atomic mass is 10.1. The molecule has 2 heterocycles. The van der Waals surface area contributed by atoms with E-state index >= 15 is 0 Å².